The van der Waals surface area contributed by atoms with Crippen LogP contribution in [-0.4, -0.2) is 51.3 Å². The van der Waals surface area contributed by atoms with Gasteiger partial charge < -0.3 is 10.1 Å². The Balaban J connectivity index is 1.10. The Hall–Kier alpha value is -3.19. The molecule has 3 aromatic rings. The number of hydrogen-bond acceptors (Lipinski definition) is 5. The van der Waals surface area contributed by atoms with Gasteiger partial charge in [0, 0.05) is 44.5 Å². The first-order chi connectivity index (χ1) is 14.7. The fourth-order valence-electron chi connectivity index (χ4n) is 4.23. The Labute approximate surface area is 175 Å². The van der Waals surface area contributed by atoms with Crippen LogP contribution in [0.15, 0.2) is 54.9 Å². The Morgan fingerprint density at radius 1 is 1.20 bits per heavy atom. The summed E-state index contributed by atoms with van der Waals surface area (Å²) in [5.74, 6) is 0.644. The minimum atomic E-state index is -0.112. The number of nitrogens with zero attached hydrogens (tertiary/aromatic N) is 4. The van der Waals surface area contributed by atoms with E-state index in [9.17, 15) is 4.79 Å². The summed E-state index contributed by atoms with van der Waals surface area (Å²) in [6, 6.07) is 14.2. The van der Waals surface area contributed by atoms with Gasteiger partial charge in [0.1, 0.15) is 17.5 Å². The lowest BCUT2D eigenvalue weighted by Crippen LogP contribution is -2.38. The predicted octanol–water partition coefficient (Wildman–Crippen LogP) is 2.07. The van der Waals surface area contributed by atoms with E-state index < -0.39 is 0 Å². The third-order valence-electron chi connectivity index (χ3n) is 5.77. The normalized spacial score (nSPS) is 17.9. The lowest BCUT2D eigenvalue weighted by molar-refractivity contribution is 0.0940. The molecule has 7 nitrogen and oxygen atoms in total. The van der Waals surface area contributed by atoms with Crippen molar-refractivity contribution in [2.45, 2.75) is 32.0 Å². The lowest BCUT2D eigenvalue weighted by Gasteiger charge is -2.28. The highest BCUT2D eigenvalue weighted by Gasteiger charge is 2.26. The van der Waals surface area contributed by atoms with Crippen LogP contribution >= 0.6 is 0 Å². The van der Waals surface area contributed by atoms with Gasteiger partial charge >= 0.3 is 0 Å². The molecule has 0 aliphatic carbocycles. The maximum atomic E-state index is 12.5. The van der Waals surface area contributed by atoms with Gasteiger partial charge in [0.25, 0.3) is 5.91 Å². The van der Waals surface area contributed by atoms with Gasteiger partial charge in [-0.2, -0.15) is 5.10 Å². The maximum Gasteiger partial charge on any atom is 0.271 e. The second kappa shape index (κ2) is 8.28. The van der Waals surface area contributed by atoms with E-state index in [4.69, 9.17) is 4.74 Å². The molecular weight excluding hydrogens is 378 g/mol. The van der Waals surface area contributed by atoms with Gasteiger partial charge in [-0.05, 0) is 35.7 Å². The molecule has 4 heterocycles. The van der Waals surface area contributed by atoms with Crippen molar-refractivity contribution in [2.24, 2.45) is 0 Å². The average molecular weight is 403 g/mol. The van der Waals surface area contributed by atoms with Crippen molar-refractivity contribution in [3.8, 4) is 5.75 Å². The topological polar surface area (TPSA) is 72.3 Å². The molecule has 1 atom stereocenters. The summed E-state index contributed by atoms with van der Waals surface area (Å²) in [4.78, 5) is 19.0. The second-order valence-electron chi connectivity index (χ2n) is 7.89. The summed E-state index contributed by atoms with van der Waals surface area (Å²) in [7, 11) is 0. The molecule has 1 N–H and O–H groups in total. The van der Waals surface area contributed by atoms with Crippen molar-refractivity contribution < 1.29 is 9.53 Å². The number of nitrogens with one attached hydrogen (secondary N) is 1. The minimum Gasteiger partial charge on any atom is -0.486 e. The first-order valence-electron chi connectivity index (χ1n) is 10.5. The number of fused-ring (bicyclic) bond motifs is 2. The number of benzene rings is 1. The standard InChI is InChI=1S/C23H25N5O2/c29-23(25-9-11-27-10-7-17-4-1-2-5-18(17)15-27)22-13-19-12-21(16-28(19)26-22)30-20-6-3-8-24-14-20/h1-6,8,13-14,21H,7,9-12,15-16H2,(H,25,29)/t21-/m0/s1. The Morgan fingerprint density at radius 2 is 2.10 bits per heavy atom. The molecule has 2 aliphatic rings. The van der Waals surface area contributed by atoms with Crippen molar-refractivity contribution >= 4 is 5.91 Å². The smallest absolute Gasteiger partial charge is 0.271 e. The molecule has 1 aromatic carbocycles. The van der Waals surface area contributed by atoms with Crippen LogP contribution in [-0.2, 0) is 25.9 Å². The maximum absolute atomic E-state index is 12.5. The molecule has 2 aromatic heterocycles. The zero-order chi connectivity index (χ0) is 20.3. The SMILES string of the molecule is O=C(NCCN1CCc2ccccc2C1)c1cc2n(n1)C[C@@H](Oc1cccnc1)C2. The monoisotopic (exact) mass is 403 g/mol. The van der Waals surface area contributed by atoms with Crippen LogP contribution in [0.2, 0.25) is 0 Å². The zero-order valence-corrected chi connectivity index (χ0v) is 16.8. The highest BCUT2D eigenvalue weighted by atomic mass is 16.5. The summed E-state index contributed by atoms with van der Waals surface area (Å²) in [5, 5.41) is 7.49. The first-order valence-corrected chi connectivity index (χ1v) is 10.5. The number of aromatic nitrogens is 3. The molecular formula is C23H25N5O2. The summed E-state index contributed by atoms with van der Waals surface area (Å²) in [5.41, 5.74) is 4.34. The molecule has 0 radical (unpaired) electrons. The molecule has 0 unspecified atom stereocenters. The summed E-state index contributed by atoms with van der Waals surface area (Å²) in [6.45, 7) is 4.09. The van der Waals surface area contributed by atoms with E-state index in [1.54, 1.807) is 12.4 Å². The molecule has 1 amide bonds. The van der Waals surface area contributed by atoms with Crippen LogP contribution in [0.25, 0.3) is 0 Å². The van der Waals surface area contributed by atoms with Gasteiger partial charge in [-0.25, -0.2) is 0 Å². The fourth-order valence-corrected chi connectivity index (χ4v) is 4.23. The van der Waals surface area contributed by atoms with Crippen LogP contribution < -0.4 is 10.1 Å². The van der Waals surface area contributed by atoms with Gasteiger partial charge in [0.05, 0.1) is 12.7 Å². The van der Waals surface area contributed by atoms with E-state index in [2.05, 4.69) is 44.6 Å². The number of carbonyl (C=O) groups is 1. The van der Waals surface area contributed by atoms with E-state index in [-0.39, 0.29) is 12.0 Å². The number of hydrogen-bond donors (Lipinski definition) is 1. The molecule has 2 aliphatic heterocycles. The van der Waals surface area contributed by atoms with Crippen molar-refractivity contribution in [1.82, 2.24) is 25.0 Å². The Bertz CT molecular complexity index is 1010. The molecule has 0 spiro atoms. The van der Waals surface area contributed by atoms with Crippen LogP contribution in [0.3, 0.4) is 0 Å². The molecule has 0 bridgehead atoms. The van der Waals surface area contributed by atoms with E-state index >= 15 is 0 Å². The number of carbonyl (C=O) groups excluding carboxylic acids is 1. The quantitative estimate of drug-likeness (QED) is 0.682. The van der Waals surface area contributed by atoms with Crippen molar-refractivity contribution in [3.05, 3.63) is 77.4 Å². The molecule has 30 heavy (non-hydrogen) atoms. The van der Waals surface area contributed by atoms with Crippen LogP contribution in [0.4, 0.5) is 0 Å². The average Bonchev–Trinajstić information content (AvgIpc) is 3.33. The van der Waals surface area contributed by atoms with Crippen LogP contribution in [0.1, 0.15) is 27.3 Å². The van der Waals surface area contributed by atoms with Crippen molar-refractivity contribution in [2.75, 3.05) is 19.6 Å². The van der Waals surface area contributed by atoms with E-state index in [1.165, 1.54) is 11.1 Å². The predicted molar refractivity (Wildman–Crippen MR) is 112 cm³/mol. The first kappa shape index (κ1) is 18.8. The van der Waals surface area contributed by atoms with E-state index in [0.29, 0.717) is 18.8 Å². The zero-order valence-electron chi connectivity index (χ0n) is 16.8. The summed E-state index contributed by atoms with van der Waals surface area (Å²) in [6.07, 6.45) is 5.27. The third kappa shape index (κ3) is 4.07. The lowest BCUT2D eigenvalue weighted by atomic mass is 10.00. The Morgan fingerprint density at radius 3 is 2.93 bits per heavy atom. The van der Waals surface area contributed by atoms with E-state index in [1.807, 2.05) is 22.9 Å². The molecule has 7 heteroatoms. The van der Waals surface area contributed by atoms with Gasteiger partial charge in [-0.1, -0.05) is 24.3 Å². The number of amides is 1. The number of rotatable bonds is 6. The number of pyridine rings is 1. The van der Waals surface area contributed by atoms with E-state index in [0.717, 1.165) is 43.9 Å². The number of ether oxygens (including phenoxy) is 1. The molecule has 0 saturated carbocycles. The molecule has 154 valence electrons. The van der Waals surface area contributed by atoms with Gasteiger partial charge in [-0.15, -0.1) is 0 Å². The molecule has 0 saturated heterocycles. The Kier molecular flexibility index (Phi) is 5.19. The minimum absolute atomic E-state index is 0.0239. The summed E-state index contributed by atoms with van der Waals surface area (Å²) < 4.78 is 7.82. The van der Waals surface area contributed by atoms with Gasteiger partial charge in [-0.3, -0.25) is 19.4 Å². The largest absolute Gasteiger partial charge is 0.486 e. The third-order valence-corrected chi connectivity index (χ3v) is 5.77. The van der Waals surface area contributed by atoms with Crippen LogP contribution in [0, 0.1) is 0 Å². The molecule has 5 rings (SSSR count). The van der Waals surface area contributed by atoms with Crippen molar-refractivity contribution in [3.63, 3.8) is 0 Å². The highest BCUT2D eigenvalue weighted by Crippen LogP contribution is 2.21. The van der Waals surface area contributed by atoms with Gasteiger partial charge in [0.15, 0.2) is 0 Å². The fraction of sp³-hybridized carbons (Fsp3) is 0.348. The van der Waals surface area contributed by atoms with Crippen LogP contribution in [0.5, 0.6) is 5.75 Å². The van der Waals surface area contributed by atoms with Crippen molar-refractivity contribution in [1.29, 1.82) is 0 Å². The van der Waals surface area contributed by atoms with Gasteiger partial charge in [0.2, 0.25) is 0 Å². The highest BCUT2D eigenvalue weighted by molar-refractivity contribution is 5.92. The molecule has 0 fully saturated rings. The summed E-state index contributed by atoms with van der Waals surface area (Å²) >= 11 is 0. The second-order valence-corrected chi connectivity index (χ2v) is 7.89.